The van der Waals surface area contributed by atoms with Crippen LogP contribution in [0, 0.1) is 6.92 Å². The molecule has 0 spiro atoms. The largest absolute Gasteiger partial charge is 0.396 e. The maximum Gasteiger partial charge on any atom is 0.250 e. The Kier molecular flexibility index (Phi) is 8.23. The number of thiophene rings is 1. The molecule has 2 aromatic rings. The van der Waals surface area contributed by atoms with E-state index in [2.05, 4.69) is 20.3 Å². The molecule has 1 unspecified atom stereocenters. The molecular weight excluding hydrogens is 384 g/mol. The van der Waals surface area contributed by atoms with Crippen LogP contribution < -0.4 is 15.4 Å². The van der Waals surface area contributed by atoms with Crippen molar-refractivity contribution in [3.8, 4) is 0 Å². The molecule has 0 aliphatic carbocycles. The Labute approximate surface area is 164 Å². The average molecular weight is 411 g/mol. The van der Waals surface area contributed by atoms with Crippen molar-refractivity contribution in [1.82, 2.24) is 15.4 Å². The highest BCUT2D eigenvalue weighted by atomic mass is 32.2. The summed E-state index contributed by atoms with van der Waals surface area (Å²) in [6.45, 7) is 3.03. The number of hydrogen-bond acceptors (Lipinski definition) is 5. The van der Waals surface area contributed by atoms with Gasteiger partial charge in [-0.25, -0.2) is 13.1 Å². The lowest BCUT2D eigenvalue weighted by Crippen LogP contribution is -2.43. The Balaban J connectivity index is 1.77. The van der Waals surface area contributed by atoms with Crippen molar-refractivity contribution in [3.63, 3.8) is 0 Å². The normalized spacial score (nSPS) is 13.4. The summed E-state index contributed by atoms with van der Waals surface area (Å²) in [7, 11) is -1.83. The summed E-state index contributed by atoms with van der Waals surface area (Å²) >= 11 is 1.24. The first-order valence-corrected chi connectivity index (χ1v) is 10.9. The van der Waals surface area contributed by atoms with Gasteiger partial charge in [-0.05, 0) is 24.6 Å². The maximum absolute atomic E-state index is 12.2. The highest BCUT2D eigenvalue weighted by molar-refractivity contribution is 7.91. The Bertz CT molecular complexity index is 835. The van der Waals surface area contributed by atoms with Gasteiger partial charge in [0.15, 0.2) is 5.96 Å². The first-order valence-electron chi connectivity index (χ1n) is 8.62. The van der Waals surface area contributed by atoms with E-state index in [1.54, 1.807) is 19.2 Å². The standard InChI is InChI=1S/C18H26N4O3S2/c1-14-8-9-17(26-14)27(24,25)22-11-10-20-18(19-2)21-12-16(13-23)15-6-4-3-5-7-15/h3-9,16,22-23H,10-13H2,1-2H3,(H2,19,20,21). The fourth-order valence-corrected chi connectivity index (χ4v) is 4.81. The highest BCUT2D eigenvalue weighted by Gasteiger charge is 2.15. The molecule has 0 amide bonds. The molecule has 1 aromatic carbocycles. The number of hydrogen-bond donors (Lipinski definition) is 4. The number of nitrogens with zero attached hydrogens (tertiary/aromatic N) is 1. The zero-order valence-electron chi connectivity index (χ0n) is 15.5. The number of rotatable bonds is 9. The number of aliphatic imine (C=N–C) groups is 1. The topological polar surface area (TPSA) is 103 Å². The van der Waals surface area contributed by atoms with Crippen molar-refractivity contribution in [1.29, 1.82) is 0 Å². The smallest absolute Gasteiger partial charge is 0.250 e. The van der Waals surface area contributed by atoms with Gasteiger partial charge in [-0.1, -0.05) is 30.3 Å². The van der Waals surface area contributed by atoms with Crippen LogP contribution in [0.4, 0.5) is 0 Å². The summed E-state index contributed by atoms with van der Waals surface area (Å²) in [5.74, 6) is 0.501. The third kappa shape index (κ3) is 6.62. The van der Waals surface area contributed by atoms with Gasteiger partial charge in [0.2, 0.25) is 10.0 Å². The van der Waals surface area contributed by atoms with E-state index < -0.39 is 10.0 Å². The third-order valence-corrected chi connectivity index (χ3v) is 6.87. The minimum Gasteiger partial charge on any atom is -0.396 e. The molecule has 1 aromatic heterocycles. The van der Waals surface area contributed by atoms with Crippen LogP contribution in [-0.4, -0.2) is 52.8 Å². The van der Waals surface area contributed by atoms with Crippen LogP contribution in [-0.2, 0) is 10.0 Å². The highest BCUT2D eigenvalue weighted by Crippen LogP contribution is 2.19. The Morgan fingerprint density at radius 1 is 1.15 bits per heavy atom. The van der Waals surface area contributed by atoms with Gasteiger partial charge in [-0.3, -0.25) is 4.99 Å². The number of aliphatic hydroxyl groups is 1. The number of sulfonamides is 1. The van der Waals surface area contributed by atoms with Gasteiger partial charge in [-0.2, -0.15) is 0 Å². The maximum atomic E-state index is 12.2. The third-order valence-electron chi connectivity index (χ3n) is 3.92. The molecule has 27 heavy (non-hydrogen) atoms. The quantitative estimate of drug-likeness (QED) is 0.283. The molecule has 0 fully saturated rings. The van der Waals surface area contributed by atoms with Crippen molar-refractivity contribution in [2.24, 2.45) is 4.99 Å². The average Bonchev–Trinajstić information content (AvgIpc) is 3.12. The van der Waals surface area contributed by atoms with Crippen LogP contribution in [0.3, 0.4) is 0 Å². The van der Waals surface area contributed by atoms with Gasteiger partial charge < -0.3 is 15.7 Å². The molecule has 0 saturated carbocycles. The molecule has 7 nitrogen and oxygen atoms in total. The summed E-state index contributed by atoms with van der Waals surface area (Å²) in [5, 5.41) is 15.8. The Hall–Kier alpha value is -1.94. The lowest BCUT2D eigenvalue weighted by Gasteiger charge is -2.18. The molecule has 0 aliphatic rings. The molecule has 2 rings (SSSR count). The molecule has 148 valence electrons. The second kappa shape index (κ2) is 10.4. The predicted molar refractivity (Wildman–Crippen MR) is 110 cm³/mol. The van der Waals surface area contributed by atoms with E-state index in [-0.39, 0.29) is 19.1 Å². The van der Waals surface area contributed by atoms with Crippen LogP contribution >= 0.6 is 11.3 Å². The van der Waals surface area contributed by atoms with Gasteiger partial charge in [0.1, 0.15) is 4.21 Å². The molecule has 1 atom stereocenters. The Morgan fingerprint density at radius 3 is 2.48 bits per heavy atom. The summed E-state index contributed by atoms with van der Waals surface area (Å²) < 4.78 is 27.2. The first kappa shape index (κ1) is 21.4. The van der Waals surface area contributed by atoms with E-state index >= 15 is 0 Å². The van der Waals surface area contributed by atoms with Crippen molar-refractivity contribution < 1.29 is 13.5 Å². The van der Waals surface area contributed by atoms with Crippen LogP contribution in [0.1, 0.15) is 16.4 Å². The molecule has 0 bridgehead atoms. The summed E-state index contributed by atoms with van der Waals surface area (Å²) in [5.41, 5.74) is 1.04. The van der Waals surface area contributed by atoms with Crippen LogP contribution in [0.25, 0.3) is 0 Å². The first-order chi connectivity index (χ1) is 13.0. The fourth-order valence-electron chi connectivity index (χ4n) is 2.45. The second-order valence-electron chi connectivity index (χ2n) is 5.93. The van der Waals surface area contributed by atoms with Gasteiger partial charge in [0.25, 0.3) is 0 Å². The van der Waals surface area contributed by atoms with Crippen LogP contribution in [0.15, 0.2) is 51.7 Å². The fraction of sp³-hybridized carbons (Fsp3) is 0.389. The van der Waals surface area contributed by atoms with E-state index in [0.717, 1.165) is 10.4 Å². The van der Waals surface area contributed by atoms with Crippen molar-refractivity contribution in [2.45, 2.75) is 17.1 Å². The van der Waals surface area contributed by atoms with Crippen molar-refractivity contribution >= 4 is 27.3 Å². The molecule has 0 aliphatic heterocycles. The van der Waals surface area contributed by atoms with E-state index in [9.17, 15) is 13.5 Å². The SMILES string of the molecule is CN=C(NCCNS(=O)(=O)c1ccc(C)s1)NCC(CO)c1ccccc1. The zero-order valence-corrected chi connectivity index (χ0v) is 17.1. The number of aliphatic hydroxyl groups excluding tert-OH is 1. The van der Waals surface area contributed by atoms with E-state index in [0.29, 0.717) is 23.3 Å². The number of nitrogens with one attached hydrogen (secondary N) is 3. The molecule has 0 saturated heterocycles. The van der Waals surface area contributed by atoms with Gasteiger partial charge in [0.05, 0.1) is 6.61 Å². The molecular formula is C18H26N4O3S2. The number of aryl methyl sites for hydroxylation is 1. The van der Waals surface area contributed by atoms with Crippen molar-refractivity contribution in [2.75, 3.05) is 33.3 Å². The summed E-state index contributed by atoms with van der Waals surface area (Å²) in [6, 6.07) is 13.1. The number of benzene rings is 1. The lowest BCUT2D eigenvalue weighted by molar-refractivity contribution is 0.265. The molecule has 9 heteroatoms. The van der Waals surface area contributed by atoms with Gasteiger partial charge in [-0.15, -0.1) is 11.3 Å². The zero-order chi connectivity index (χ0) is 19.7. The molecule has 0 radical (unpaired) electrons. The minimum atomic E-state index is -3.47. The van der Waals surface area contributed by atoms with Crippen LogP contribution in [0.2, 0.25) is 0 Å². The van der Waals surface area contributed by atoms with E-state index in [1.807, 2.05) is 37.3 Å². The summed E-state index contributed by atoms with van der Waals surface area (Å²) in [6.07, 6.45) is 0. The molecule has 4 N–H and O–H groups in total. The van der Waals surface area contributed by atoms with Crippen molar-refractivity contribution in [3.05, 3.63) is 52.9 Å². The van der Waals surface area contributed by atoms with E-state index in [4.69, 9.17) is 0 Å². The molecule has 1 heterocycles. The predicted octanol–water partition coefficient (Wildman–Crippen LogP) is 1.28. The second-order valence-corrected chi connectivity index (χ2v) is 9.21. The van der Waals surface area contributed by atoms with E-state index in [1.165, 1.54) is 11.3 Å². The number of guanidine groups is 1. The minimum absolute atomic E-state index is 0.0219. The monoisotopic (exact) mass is 410 g/mol. The Morgan fingerprint density at radius 2 is 1.89 bits per heavy atom. The van der Waals surface area contributed by atoms with Gasteiger partial charge >= 0.3 is 0 Å². The summed E-state index contributed by atoms with van der Waals surface area (Å²) in [4.78, 5) is 5.07. The van der Waals surface area contributed by atoms with Crippen LogP contribution in [0.5, 0.6) is 0 Å². The lowest BCUT2D eigenvalue weighted by atomic mass is 10.0. The van der Waals surface area contributed by atoms with Gasteiger partial charge in [0, 0.05) is 37.5 Å².